The molecule has 1 aliphatic heterocycles. The van der Waals surface area contributed by atoms with Crippen LogP contribution in [0.5, 0.6) is 11.5 Å². The van der Waals surface area contributed by atoms with Crippen LogP contribution in [0.25, 0.3) is 0 Å². The molecule has 1 aliphatic carbocycles. The molecule has 0 bridgehead atoms. The number of halogens is 1. The van der Waals surface area contributed by atoms with Crippen molar-refractivity contribution in [3.63, 3.8) is 0 Å². The van der Waals surface area contributed by atoms with Crippen LogP contribution in [0.4, 0.5) is 0 Å². The summed E-state index contributed by atoms with van der Waals surface area (Å²) in [5.41, 5.74) is 0.924. The van der Waals surface area contributed by atoms with Crippen LogP contribution in [0.2, 0.25) is 5.02 Å². The van der Waals surface area contributed by atoms with E-state index in [0.29, 0.717) is 35.7 Å². The Bertz CT molecular complexity index is 878. The van der Waals surface area contributed by atoms with Crippen molar-refractivity contribution in [1.82, 2.24) is 4.72 Å². The van der Waals surface area contributed by atoms with Gasteiger partial charge in [0.1, 0.15) is 13.2 Å². The van der Waals surface area contributed by atoms with Crippen molar-refractivity contribution >= 4 is 21.6 Å². The van der Waals surface area contributed by atoms with Crippen LogP contribution < -0.4 is 14.2 Å². The van der Waals surface area contributed by atoms with E-state index in [4.69, 9.17) is 21.1 Å². The molecule has 0 saturated heterocycles. The standard InChI is InChI=1S/C18H18ClNO4S/c19-14-5-3-13(4-6-14)18(12-1-2-12)20-25(21,22)15-7-8-16-17(11-15)24-10-9-23-16/h3-8,11-12,18,20H,1-2,9-10H2/t18-/m0/s1. The Morgan fingerprint density at radius 1 is 1.00 bits per heavy atom. The Morgan fingerprint density at radius 2 is 1.68 bits per heavy atom. The van der Waals surface area contributed by atoms with Gasteiger partial charge in [-0.25, -0.2) is 13.1 Å². The summed E-state index contributed by atoms with van der Waals surface area (Å²) >= 11 is 5.94. The van der Waals surface area contributed by atoms with Crippen LogP contribution >= 0.6 is 11.6 Å². The van der Waals surface area contributed by atoms with Crippen LogP contribution in [0.1, 0.15) is 24.4 Å². The molecular weight excluding hydrogens is 362 g/mol. The number of fused-ring (bicyclic) bond motifs is 1. The van der Waals surface area contributed by atoms with E-state index in [0.717, 1.165) is 18.4 Å². The van der Waals surface area contributed by atoms with Crippen LogP contribution in [0.3, 0.4) is 0 Å². The smallest absolute Gasteiger partial charge is 0.241 e. The molecule has 1 N–H and O–H groups in total. The maximum absolute atomic E-state index is 12.9. The normalized spacial score (nSPS) is 18.0. The van der Waals surface area contributed by atoms with Gasteiger partial charge in [-0.15, -0.1) is 0 Å². The summed E-state index contributed by atoms with van der Waals surface area (Å²) < 4.78 is 39.5. The first-order valence-corrected chi connectivity index (χ1v) is 10.1. The third kappa shape index (κ3) is 3.61. The van der Waals surface area contributed by atoms with Gasteiger partial charge in [0.05, 0.1) is 4.90 Å². The lowest BCUT2D eigenvalue weighted by Gasteiger charge is -2.21. The van der Waals surface area contributed by atoms with E-state index in [1.54, 1.807) is 24.3 Å². The van der Waals surface area contributed by atoms with Crippen LogP contribution in [0, 0.1) is 5.92 Å². The number of nitrogens with one attached hydrogen (secondary N) is 1. The molecule has 1 heterocycles. The van der Waals surface area contributed by atoms with Crippen LogP contribution in [-0.4, -0.2) is 21.6 Å². The van der Waals surface area contributed by atoms with Crippen molar-refractivity contribution < 1.29 is 17.9 Å². The number of rotatable bonds is 5. The maximum Gasteiger partial charge on any atom is 0.241 e. The second kappa shape index (κ2) is 6.52. The van der Waals surface area contributed by atoms with Crippen molar-refractivity contribution in [3.05, 3.63) is 53.1 Å². The average Bonchev–Trinajstić information content (AvgIpc) is 3.45. The zero-order valence-electron chi connectivity index (χ0n) is 13.4. The van der Waals surface area contributed by atoms with Gasteiger partial charge in [-0.05, 0) is 48.6 Å². The highest BCUT2D eigenvalue weighted by Gasteiger charge is 2.35. The zero-order valence-corrected chi connectivity index (χ0v) is 15.0. The first kappa shape index (κ1) is 16.7. The fourth-order valence-corrected chi connectivity index (χ4v) is 4.40. The van der Waals surface area contributed by atoms with Gasteiger partial charge >= 0.3 is 0 Å². The summed E-state index contributed by atoms with van der Waals surface area (Å²) in [6.07, 6.45) is 2.02. The Kier molecular flexibility index (Phi) is 4.35. The molecule has 0 aromatic heterocycles. The summed E-state index contributed by atoms with van der Waals surface area (Å²) in [6, 6.07) is 11.8. The minimum atomic E-state index is -3.67. The summed E-state index contributed by atoms with van der Waals surface area (Å²) in [6.45, 7) is 0.886. The molecule has 2 aromatic carbocycles. The summed E-state index contributed by atoms with van der Waals surface area (Å²) in [5, 5.41) is 0.632. The first-order chi connectivity index (χ1) is 12.0. The molecule has 7 heteroatoms. The number of hydrogen-bond donors (Lipinski definition) is 1. The SMILES string of the molecule is O=S(=O)(N[C@H](c1ccc(Cl)cc1)C1CC1)c1ccc2c(c1)OCCO2. The molecular formula is C18H18ClNO4S. The molecule has 0 spiro atoms. The van der Waals surface area contributed by atoms with Crippen molar-refractivity contribution in [3.8, 4) is 11.5 Å². The molecule has 0 unspecified atom stereocenters. The van der Waals surface area contributed by atoms with Gasteiger partial charge in [-0.1, -0.05) is 23.7 Å². The number of ether oxygens (including phenoxy) is 2. The Balaban J connectivity index is 1.62. The average molecular weight is 380 g/mol. The predicted octanol–water partition coefficient (Wildman–Crippen LogP) is 3.54. The van der Waals surface area contributed by atoms with Gasteiger partial charge in [0, 0.05) is 17.1 Å². The van der Waals surface area contributed by atoms with Crippen molar-refractivity contribution in [2.75, 3.05) is 13.2 Å². The minimum absolute atomic E-state index is 0.177. The van der Waals surface area contributed by atoms with E-state index >= 15 is 0 Å². The van der Waals surface area contributed by atoms with E-state index in [-0.39, 0.29) is 10.9 Å². The van der Waals surface area contributed by atoms with Crippen molar-refractivity contribution in [2.45, 2.75) is 23.8 Å². The Labute approximate surface area is 152 Å². The second-order valence-corrected chi connectivity index (χ2v) is 8.44. The van der Waals surface area contributed by atoms with E-state index in [1.807, 2.05) is 12.1 Å². The highest BCUT2D eigenvalue weighted by Crippen LogP contribution is 2.42. The number of hydrogen-bond acceptors (Lipinski definition) is 4. The molecule has 132 valence electrons. The molecule has 25 heavy (non-hydrogen) atoms. The largest absolute Gasteiger partial charge is 0.486 e. The van der Waals surface area contributed by atoms with Crippen molar-refractivity contribution in [2.24, 2.45) is 5.92 Å². The number of benzene rings is 2. The third-order valence-corrected chi connectivity index (χ3v) is 6.12. The third-order valence-electron chi connectivity index (χ3n) is 4.43. The molecule has 0 amide bonds. The topological polar surface area (TPSA) is 64.6 Å². The quantitative estimate of drug-likeness (QED) is 0.862. The molecule has 2 aromatic rings. The summed E-state index contributed by atoms with van der Waals surface area (Å²) in [4.78, 5) is 0.177. The molecule has 1 fully saturated rings. The zero-order chi connectivity index (χ0) is 17.4. The Hall–Kier alpha value is -1.76. The highest BCUT2D eigenvalue weighted by molar-refractivity contribution is 7.89. The monoisotopic (exact) mass is 379 g/mol. The maximum atomic E-state index is 12.9. The van der Waals surface area contributed by atoms with Gasteiger partial charge in [-0.2, -0.15) is 0 Å². The van der Waals surface area contributed by atoms with Gasteiger partial charge in [-0.3, -0.25) is 0 Å². The second-order valence-electron chi connectivity index (χ2n) is 6.29. The van der Waals surface area contributed by atoms with Gasteiger partial charge < -0.3 is 9.47 Å². The molecule has 5 nitrogen and oxygen atoms in total. The van der Waals surface area contributed by atoms with Gasteiger partial charge in [0.15, 0.2) is 11.5 Å². The first-order valence-electron chi connectivity index (χ1n) is 8.20. The van der Waals surface area contributed by atoms with E-state index in [2.05, 4.69) is 4.72 Å². The molecule has 1 saturated carbocycles. The summed E-state index contributed by atoms with van der Waals surface area (Å²) in [5.74, 6) is 1.35. The Morgan fingerprint density at radius 3 is 2.36 bits per heavy atom. The van der Waals surface area contributed by atoms with E-state index in [9.17, 15) is 8.42 Å². The number of sulfonamides is 1. The lowest BCUT2D eigenvalue weighted by atomic mass is 10.0. The minimum Gasteiger partial charge on any atom is -0.486 e. The lowest BCUT2D eigenvalue weighted by Crippen LogP contribution is -2.30. The van der Waals surface area contributed by atoms with E-state index < -0.39 is 10.0 Å². The van der Waals surface area contributed by atoms with Crippen LogP contribution in [-0.2, 0) is 10.0 Å². The summed E-state index contributed by atoms with van der Waals surface area (Å²) in [7, 11) is -3.67. The molecule has 0 radical (unpaired) electrons. The van der Waals surface area contributed by atoms with Gasteiger partial charge in [0.25, 0.3) is 0 Å². The molecule has 1 atom stereocenters. The van der Waals surface area contributed by atoms with Crippen molar-refractivity contribution in [1.29, 1.82) is 0 Å². The molecule has 2 aliphatic rings. The van der Waals surface area contributed by atoms with E-state index in [1.165, 1.54) is 6.07 Å². The highest BCUT2D eigenvalue weighted by atomic mass is 35.5. The fraction of sp³-hybridized carbons (Fsp3) is 0.333. The van der Waals surface area contributed by atoms with Crippen LogP contribution in [0.15, 0.2) is 47.4 Å². The molecule has 4 rings (SSSR count). The van der Waals surface area contributed by atoms with Gasteiger partial charge in [0.2, 0.25) is 10.0 Å². The predicted molar refractivity (Wildman–Crippen MR) is 94.7 cm³/mol. The fourth-order valence-electron chi connectivity index (χ4n) is 2.96. The lowest BCUT2D eigenvalue weighted by molar-refractivity contribution is 0.171.